The van der Waals surface area contributed by atoms with Crippen LogP contribution >= 0.6 is 0 Å². The van der Waals surface area contributed by atoms with Gasteiger partial charge in [0.15, 0.2) is 0 Å². The number of hydrogen-bond donors (Lipinski definition) is 1. The molecule has 1 N–H and O–H groups in total. The molecular weight excluding hydrogens is 292 g/mol. The maximum absolute atomic E-state index is 11.9. The summed E-state index contributed by atoms with van der Waals surface area (Å²) in [6.07, 6.45) is 0.194. The molecule has 0 saturated carbocycles. The topological polar surface area (TPSA) is 58.6 Å². The van der Waals surface area contributed by atoms with Crippen LogP contribution in [0.5, 0.6) is 5.75 Å². The minimum Gasteiger partial charge on any atom is -0.410 e. The zero-order valence-electron chi connectivity index (χ0n) is 13.1. The fourth-order valence-corrected chi connectivity index (χ4v) is 1.99. The van der Waals surface area contributed by atoms with Gasteiger partial charge in [-0.1, -0.05) is 48.5 Å². The summed E-state index contributed by atoms with van der Waals surface area (Å²) < 4.78 is 5.16. The first-order chi connectivity index (χ1) is 11.1. The summed E-state index contributed by atoms with van der Waals surface area (Å²) in [5.74, 6) is 0.238. The van der Waals surface area contributed by atoms with E-state index in [1.165, 1.54) is 11.9 Å². The van der Waals surface area contributed by atoms with E-state index in [1.54, 1.807) is 24.3 Å². The Bertz CT molecular complexity index is 629. The van der Waals surface area contributed by atoms with Gasteiger partial charge >= 0.3 is 6.09 Å². The predicted molar refractivity (Wildman–Crippen MR) is 88.3 cm³/mol. The number of ether oxygens (including phenoxy) is 1. The van der Waals surface area contributed by atoms with Crippen molar-refractivity contribution in [1.82, 2.24) is 10.2 Å². The molecule has 0 aliphatic rings. The zero-order valence-corrected chi connectivity index (χ0v) is 13.1. The average Bonchev–Trinajstić information content (AvgIpc) is 2.56. The quantitative estimate of drug-likeness (QED) is 0.891. The highest BCUT2D eigenvalue weighted by Crippen LogP contribution is 2.09. The zero-order chi connectivity index (χ0) is 16.5. The van der Waals surface area contributed by atoms with Crippen LogP contribution in [-0.2, 0) is 11.2 Å². The van der Waals surface area contributed by atoms with Gasteiger partial charge in [-0.2, -0.15) is 0 Å². The van der Waals surface area contributed by atoms with Crippen molar-refractivity contribution in [3.63, 3.8) is 0 Å². The Morgan fingerprint density at radius 2 is 1.61 bits per heavy atom. The smallest absolute Gasteiger partial charge is 0.410 e. The second kappa shape index (κ2) is 8.58. The molecule has 0 spiro atoms. The number of para-hydroxylation sites is 1. The number of nitrogens with one attached hydrogen (secondary N) is 1. The molecular formula is C18H20N2O3. The van der Waals surface area contributed by atoms with Crippen LogP contribution in [-0.4, -0.2) is 37.0 Å². The van der Waals surface area contributed by atoms with E-state index < -0.39 is 6.09 Å². The predicted octanol–water partition coefficient (Wildman–Crippen LogP) is 2.48. The first-order valence-electron chi connectivity index (χ1n) is 7.44. The summed E-state index contributed by atoms with van der Waals surface area (Å²) in [6.45, 7) is 0.491. The molecule has 0 bridgehead atoms. The molecule has 0 heterocycles. The Kier molecular flexibility index (Phi) is 6.17. The Morgan fingerprint density at radius 3 is 2.26 bits per heavy atom. The number of rotatable bonds is 6. The number of carbonyl (C=O) groups is 2. The number of nitrogens with zero attached hydrogens (tertiary/aromatic N) is 1. The van der Waals surface area contributed by atoms with Crippen LogP contribution in [0.4, 0.5) is 4.79 Å². The number of benzene rings is 2. The molecule has 120 valence electrons. The van der Waals surface area contributed by atoms with Gasteiger partial charge in [-0.15, -0.1) is 0 Å². The van der Waals surface area contributed by atoms with Gasteiger partial charge in [0.1, 0.15) is 12.3 Å². The van der Waals surface area contributed by atoms with Crippen molar-refractivity contribution >= 4 is 12.0 Å². The summed E-state index contributed by atoms with van der Waals surface area (Å²) in [5, 5.41) is 2.79. The summed E-state index contributed by atoms with van der Waals surface area (Å²) in [7, 11) is 1.53. The van der Waals surface area contributed by atoms with E-state index in [-0.39, 0.29) is 12.5 Å². The number of hydrogen-bond acceptors (Lipinski definition) is 3. The van der Waals surface area contributed by atoms with E-state index in [4.69, 9.17) is 4.74 Å². The van der Waals surface area contributed by atoms with Crippen LogP contribution in [0, 0.1) is 0 Å². The molecule has 0 aliphatic carbocycles. The van der Waals surface area contributed by atoms with Crippen molar-refractivity contribution in [2.75, 3.05) is 20.1 Å². The van der Waals surface area contributed by atoms with Gasteiger partial charge in [-0.25, -0.2) is 4.79 Å². The van der Waals surface area contributed by atoms with Crippen LogP contribution in [0.2, 0.25) is 0 Å². The van der Waals surface area contributed by atoms with Crippen LogP contribution < -0.4 is 10.1 Å². The molecule has 5 heteroatoms. The highest BCUT2D eigenvalue weighted by atomic mass is 16.6. The summed E-state index contributed by atoms with van der Waals surface area (Å²) in [5.41, 5.74) is 1.16. The fraction of sp³-hybridized carbons (Fsp3) is 0.222. The molecule has 0 saturated heterocycles. The maximum atomic E-state index is 11.9. The second-order valence-electron chi connectivity index (χ2n) is 5.12. The van der Waals surface area contributed by atoms with Gasteiger partial charge in [0.05, 0.1) is 0 Å². The SMILES string of the molecule is CN(CC(=O)NCCc1ccccc1)C(=O)Oc1ccccc1. The first kappa shape index (κ1) is 16.5. The third-order valence-corrected chi connectivity index (χ3v) is 3.22. The molecule has 2 aromatic carbocycles. The van der Waals surface area contributed by atoms with Crippen molar-refractivity contribution in [1.29, 1.82) is 0 Å². The van der Waals surface area contributed by atoms with Gasteiger partial charge in [-0.3, -0.25) is 4.79 Å². The summed E-state index contributed by atoms with van der Waals surface area (Å²) in [6, 6.07) is 18.7. The van der Waals surface area contributed by atoms with Crippen molar-refractivity contribution in [2.45, 2.75) is 6.42 Å². The normalized spacial score (nSPS) is 9.96. The molecule has 2 amide bonds. The van der Waals surface area contributed by atoms with Crippen LogP contribution in [0.3, 0.4) is 0 Å². The van der Waals surface area contributed by atoms with Crippen molar-refractivity contribution in [3.05, 3.63) is 66.2 Å². The maximum Gasteiger partial charge on any atom is 0.415 e. The van der Waals surface area contributed by atoms with Crippen molar-refractivity contribution < 1.29 is 14.3 Å². The lowest BCUT2D eigenvalue weighted by Gasteiger charge is -2.16. The lowest BCUT2D eigenvalue weighted by atomic mass is 10.1. The van der Waals surface area contributed by atoms with E-state index in [0.29, 0.717) is 12.3 Å². The van der Waals surface area contributed by atoms with E-state index in [2.05, 4.69) is 5.32 Å². The Balaban J connectivity index is 1.70. The Labute approximate surface area is 135 Å². The molecule has 23 heavy (non-hydrogen) atoms. The molecule has 0 atom stereocenters. The monoisotopic (exact) mass is 312 g/mol. The molecule has 0 aliphatic heterocycles. The van der Waals surface area contributed by atoms with Crippen LogP contribution in [0.25, 0.3) is 0 Å². The largest absolute Gasteiger partial charge is 0.415 e. The van der Waals surface area contributed by atoms with Gasteiger partial charge in [0.2, 0.25) is 5.91 Å². The molecule has 0 aromatic heterocycles. The number of amides is 2. The van der Waals surface area contributed by atoms with Crippen molar-refractivity contribution in [2.24, 2.45) is 0 Å². The van der Waals surface area contributed by atoms with Crippen LogP contribution in [0.1, 0.15) is 5.56 Å². The highest BCUT2D eigenvalue weighted by molar-refractivity contribution is 5.82. The van der Waals surface area contributed by atoms with Gasteiger partial charge in [-0.05, 0) is 24.1 Å². The molecule has 0 fully saturated rings. The van der Waals surface area contributed by atoms with E-state index in [9.17, 15) is 9.59 Å². The number of likely N-dealkylation sites (N-methyl/N-ethyl adjacent to an activating group) is 1. The minimum atomic E-state index is -0.561. The third kappa shape index (κ3) is 5.82. The van der Waals surface area contributed by atoms with E-state index in [1.807, 2.05) is 36.4 Å². The summed E-state index contributed by atoms with van der Waals surface area (Å²) in [4.78, 5) is 24.9. The van der Waals surface area contributed by atoms with Gasteiger partial charge < -0.3 is 15.0 Å². The fourth-order valence-electron chi connectivity index (χ4n) is 1.99. The molecule has 2 aromatic rings. The average molecular weight is 312 g/mol. The third-order valence-electron chi connectivity index (χ3n) is 3.22. The molecule has 0 radical (unpaired) electrons. The minimum absolute atomic E-state index is 0.0412. The number of carbonyl (C=O) groups excluding carboxylic acids is 2. The second-order valence-corrected chi connectivity index (χ2v) is 5.12. The molecule has 0 unspecified atom stereocenters. The standard InChI is InChI=1S/C18H20N2O3/c1-20(18(22)23-16-10-6-3-7-11-16)14-17(21)19-13-12-15-8-4-2-5-9-15/h2-11H,12-14H2,1H3,(H,19,21). The van der Waals surface area contributed by atoms with Crippen molar-refractivity contribution in [3.8, 4) is 5.75 Å². The van der Waals surface area contributed by atoms with E-state index in [0.717, 1.165) is 12.0 Å². The lowest BCUT2D eigenvalue weighted by molar-refractivity contribution is -0.121. The molecule has 5 nitrogen and oxygen atoms in total. The van der Waals surface area contributed by atoms with Gasteiger partial charge in [0.25, 0.3) is 0 Å². The van der Waals surface area contributed by atoms with Crippen LogP contribution in [0.15, 0.2) is 60.7 Å². The Hall–Kier alpha value is -2.82. The highest BCUT2D eigenvalue weighted by Gasteiger charge is 2.14. The molecule has 2 rings (SSSR count). The van der Waals surface area contributed by atoms with Gasteiger partial charge in [0, 0.05) is 13.6 Å². The lowest BCUT2D eigenvalue weighted by Crippen LogP contribution is -2.40. The first-order valence-corrected chi connectivity index (χ1v) is 7.44. The summed E-state index contributed by atoms with van der Waals surface area (Å²) >= 11 is 0. The Morgan fingerprint density at radius 1 is 1.00 bits per heavy atom. The van der Waals surface area contributed by atoms with E-state index >= 15 is 0 Å².